The maximum absolute atomic E-state index is 14.1. The zero-order valence-corrected chi connectivity index (χ0v) is 27.5. The lowest BCUT2D eigenvalue weighted by Crippen LogP contribution is -2.47. The van der Waals surface area contributed by atoms with Crippen molar-refractivity contribution in [1.82, 2.24) is 9.80 Å². The fourth-order valence-electron chi connectivity index (χ4n) is 8.33. The molecule has 3 aliphatic heterocycles. The minimum absolute atomic E-state index is 0.0000624. The molecule has 3 heterocycles. The topological polar surface area (TPSA) is 70.1 Å². The number of phenolic OH excluding ortho intramolecular Hbond substituents is 1. The first-order chi connectivity index (χ1) is 21.9. The van der Waals surface area contributed by atoms with Gasteiger partial charge in [0.1, 0.15) is 5.75 Å². The number of ether oxygens (including phenoxy) is 1. The van der Waals surface area contributed by atoms with Crippen molar-refractivity contribution in [3.63, 3.8) is 0 Å². The Bertz CT molecular complexity index is 1440. The molecule has 0 bridgehead atoms. The Kier molecular flexibility index (Phi) is 10.1. The average Bonchev–Trinajstić information content (AvgIpc) is 3.56. The van der Waals surface area contributed by atoms with E-state index >= 15 is 0 Å². The van der Waals surface area contributed by atoms with E-state index in [1.54, 1.807) is 17.0 Å². The van der Waals surface area contributed by atoms with E-state index in [9.17, 15) is 14.7 Å². The van der Waals surface area contributed by atoms with Crippen LogP contribution in [0.25, 0.3) is 6.08 Å². The third kappa shape index (κ3) is 6.79. The Morgan fingerprint density at radius 2 is 1.78 bits per heavy atom. The standard InChI is InChI=1S/C38H47ClN2O4/c1-3-8-25(20-27-13-14-30(42)22-33(27)39)12-15-34-35-28(9-4-2)21-31-36(32(35)24-45-34)38(44)41(37(31)43)29-16-18-40(19-17-29)23-26-10-6-5-7-11-26/h5-7,10-11,13-14,20,22,29,31-32,34,36,42H,3-4,8-9,12,15-19,21,23-24H2,1-2H3/b25-20+/t31-,32+,34-,36-/m1/s1. The Morgan fingerprint density at radius 1 is 1.00 bits per heavy atom. The van der Waals surface area contributed by atoms with Crippen LogP contribution in [0.3, 0.4) is 0 Å². The number of likely N-dealkylation sites (tertiary alicyclic amines) is 2. The lowest BCUT2D eigenvalue weighted by Gasteiger charge is -2.36. The van der Waals surface area contributed by atoms with E-state index in [-0.39, 0.29) is 47.5 Å². The summed E-state index contributed by atoms with van der Waals surface area (Å²) in [6.07, 6.45) is 10.2. The van der Waals surface area contributed by atoms with Gasteiger partial charge in [0.05, 0.1) is 29.6 Å². The molecule has 7 heteroatoms. The predicted molar refractivity (Wildman–Crippen MR) is 179 cm³/mol. The highest BCUT2D eigenvalue weighted by molar-refractivity contribution is 6.32. The summed E-state index contributed by atoms with van der Waals surface area (Å²) in [5, 5.41) is 10.3. The first kappa shape index (κ1) is 32.0. The van der Waals surface area contributed by atoms with E-state index in [2.05, 4.69) is 49.1 Å². The van der Waals surface area contributed by atoms with Gasteiger partial charge in [-0.3, -0.25) is 19.4 Å². The number of rotatable bonds is 11. The Hall–Kier alpha value is -2.93. The highest BCUT2D eigenvalue weighted by atomic mass is 35.5. The number of amides is 2. The molecule has 2 aromatic rings. The Labute approximate surface area is 273 Å². The Balaban J connectivity index is 1.15. The lowest BCUT2D eigenvalue weighted by molar-refractivity contribution is -0.144. The van der Waals surface area contributed by atoms with Crippen molar-refractivity contribution in [3.05, 3.63) is 81.4 Å². The molecule has 2 amide bonds. The number of imide groups is 1. The second-order valence-corrected chi connectivity index (χ2v) is 13.8. The molecule has 1 aliphatic carbocycles. The van der Waals surface area contributed by atoms with Crippen molar-refractivity contribution < 1.29 is 19.4 Å². The van der Waals surface area contributed by atoms with Gasteiger partial charge in [-0.05, 0) is 79.8 Å². The normalized spacial score (nSPS) is 26.1. The van der Waals surface area contributed by atoms with E-state index < -0.39 is 0 Å². The first-order valence-electron chi connectivity index (χ1n) is 17.0. The van der Waals surface area contributed by atoms with Crippen LogP contribution in [0, 0.1) is 17.8 Å². The number of benzene rings is 2. The third-order valence-corrected chi connectivity index (χ3v) is 10.7. The van der Waals surface area contributed by atoms with Gasteiger partial charge in [-0.25, -0.2) is 0 Å². The van der Waals surface area contributed by atoms with Gasteiger partial charge in [0.25, 0.3) is 0 Å². The van der Waals surface area contributed by atoms with Crippen LogP contribution < -0.4 is 0 Å². The number of allylic oxidation sites excluding steroid dienone is 2. The first-order valence-corrected chi connectivity index (χ1v) is 17.4. The number of piperidine rings is 1. The molecule has 0 unspecified atom stereocenters. The van der Waals surface area contributed by atoms with Crippen LogP contribution >= 0.6 is 11.6 Å². The van der Waals surface area contributed by atoms with Gasteiger partial charge in [0, 0.05) is 31.6 Å². The van der Waals surface area contributed by atoms with Gasteiger partial charge in [-0.2, -0.15) is 0 Å². The average molecular weight is 631 g/mol. The van der Waals surface area contributed by atoms with Crippen LogP contribution in [0.5, 0.6) is 5.75 Å². The molecular weight excluding hydrogens is 584 g/mol. The number of aromatic hydroxyl groups is 1. The summed E-state index contributed by atoms with van der Waals surface area (Å²) in [7, 11) is 0. The molecule has 6 rings (SSSR count). The second-order valence-electron chi connectivity index (χ2n) is 13.4. The van der Waals surface area contributed by atoms with Gasteiger partial charge in [-0.15, -0.1) is 0 Å². The number of hydrogen-bond acceptors (Lipinski definition) is 5. The zero-order chi connectivity index (χ0) is 31.5. The summed E-state index contributed by atoms with van der Waals surface area (Å²) in [6, 6.07) is 15.6. The molecule has 4 aliphatic rings. The molecule has 1 N–H and O–H groups in total. The van der Waals surface area contributed by atoms with Gasteiger partial charge in [-0.1, -0.05) is 85.8 Å². The van der Waals surface area contributed by atoms with Crippen LogP contribution in [-0.2, 0) is 20.9 Å². The van der Waals surface area contributed by atoms with E-state index in [4.69, 9.17) is 16.3 Å². The summed E-state index contributed by atoms with van der Waals surface area (Å²) in [4.78, 5) is 32.2. The number of phenols is 1. The van der Waals surface area contributed by atoms with Crippen molar-refractivity contribution in [2.45, 2.75) is 90.3 Å². The SMILES string of the molecule is CCCC1=C2[C@@H](CC/C(=C/c3ccc(O)cc3Cl)CCC)OC[C@@H]2[C@@H]2C(=O)N(C3CCN(Cc4ccccc4)CC3)C(=O)[C@@H]2C1. The van der Waals surface area contributed by atoms with Crippen LogP contribution in [0.2, 0.25) is 5.02 Å². The number of fused-ring (bicyclic) bond motifs is 3. The van der Waals surface area contributed by atoms with Crippen molar-refractivity contribution in [3.8, 4) is 5.75 Å². The van der Waals surface area contributed by atoms with Crippen molar-refractivity contribution >= 4 is 29.5 Å². The van der Waals surface area contributed by atoms with Crippen LogP contribution in [0.1, 0.15) is 82.8 Å². The fourth-order valence-corrected chi connectivity index (χ4v) is 8.56. The molecule has 3 saturated heterocycles. The van der Waals surface area contributed by atoms with Crippen molar-refractivity contribution in [2.24, 2.45) is 17.8 Å². The van der Waals surface area contributed by atoms with Crippen molar-refractivity contribution in [1.29, 1.82) is 0 Å². The molecule has 3 fully saturated rings. The predicted octanol–water partition coefficient (Wildman–Crippen LogP) is 7.79. The van der Waals surface area contributed by atoms with E-state index in [1.165, 1.54) is 22.3 Å². The van der Waals surface area contributed by atoms with Crippen LogP contribution in [-0.4, -0.2) is 58.6 Å². The smallest absolute Gasteiger partial charge is 0.234 e. The molecule has 6 nitrogen and oxygen atoms in total. The number of halogens is 1. The van der Waals surface area contributed by atoms with E-state index in [0.29, 0.717) is 18.1 Å². The number of hydrogen-bond donors (Lipinski definition) is 1. The summed E-state index contributed by atoms with van der Waals surface area (Å²) in [5.74, 6) is -0.270. The second kappa shape index (κ2) is 14.2. The zero-order valence-electron chi connectivity index (χ0n) is 26.7. The van der Waals surface area contributed by atoms with E-state index in [0.717, 1.165) is 76.6 Å². The molecule has 0 spiro atoms. The number of nitrogens with zero attached hydrogens (tertiary/aromatic N) is 2. The largest absolute Gasteiger partial charge is 0.508 e. The van der Waals surface area contributed by atoms with Gasteiger partial charge < -0.3 is 9.84 Å². The van der Waals surface area contributed by atoms with Gasteiger partial charge >= 0.3 is 0 Å². The molecule has 4 atom stereocenters. The van der Waals surface area contributed by atoms with Gasteiger partial charge in [0.2, 0.25) is 11.8 Å². The van der Waals surface area contributed by atoms with Gasteiger partial charge in [0.15, 0.2) is 0 Å². The molecule has 0 saturated carbocycles. The lowest BCUT2D eigenvalue weighted by atomic mass is 9.68. The molecule has 240 valence electrons. The third-order valence-electron chi connectivity index (χ3n) is 10.4. The summed E-state index contributed by atoms with van der Waals surface area (Å²) in [5.41, 5.74) is 6.19. The number of carbonyl (C=O) groups is 2. The minimum Gasteiger partial charge on any atom is -0.508 e. The van der Waals surface area contributed by atoms with Crippen molar-refractivity contribution in [2.75, 3.05) is 19.7 Å². The number of carbonyl (C=O) groups excluding carboxylic acids is 2. The maximum atomic E-state index is 14.1. The van der Waals surface area contributed by atoms with Crippen LogP contribution in [0.15, 0.2) is 65.3 Å². The monoisotopic (exact) mass is 630 g/mol. The Morgan fingerprint density at radius 3 is 2.49 bits per heavy atom. The molecule has 2 aromatic carbocycles. The molecular formula is C38H47ClN2O4. The summed E-state index contributed by atoms with van der Waals surface area (Å²) < 4.78 is 6.51. The maximum Gasteiger partial charge on any atom is 0.234 e. The minimum atomic E-state index is -0.290. The summed E-state index contributed by atoms with van der Waals surface area (Å²) >= 11 is 6.43. The van der Waals surface area contributed by atoms with E-state index in [1.807, 2.05) is 12.1 Å². The molecule has 0 aromatic heterocycles. The summed E-state index contributed by atoms with van der Waals surface area (Å²) in [6.45, 7) is 7.60. The fraction of sp³-hybridized carbons (Fsp3) is 0.526. The molecule has 45 heavy (non-hydrogen) atoms. The molecule has 0 radical (unpaired) electrons. The quantitative estimate of drug-likeness (QED) is 0.203. The highest BCUT2D eigenvalue weighted by Crippen LogP contribution is 2.51. The highest BCUT2D eigenvalue weighted by Gasteiger charge is 2.58. The van der Waals surface area contributed by atoms with Crippen LogP contribution in [0.4, 0.5) is 0 Å².